The lowest BCUT2D eigenvalue weighted by Gasteiger charge is -2.26. The molecule has 0 aromatic heterocycles. The molecule has 0 fully saturated rings. The van der Waals surface area contributed by atoms with Crippen molar-refractivity contribution in [2.75, 3.05) is 0 Å². The van der Waals surface area contributed by atoms with E-state index in [9.17, 15) is 24.6 Å². The van der Waals surface area contributed by atoms with Gasteiger partial charge in [-0.2, -0.15) is 4.89 Å². The molecule has 0 bridgehead atoms. The van der Waals surface area contributed by atoms with Gasteiger partial charge in [-0.05, 0) is 87.5 Å². The maximum Gasteiger partial charge on any atom is 0.344 e. The highest BCUT2D eigenvalue weighted by Gasteiger charge is 2.24. The monoisotopic (exact) mass is 678 g/mol. The van der Waals surface area contributed by atoms with E-state index in [0.29, 0.717) is 16.9 Å². The normalized spacial score (nSPS) is 11.1. The van der Waals surface area contributed by atoms with E-state index in [-0.39, 0.29) is 29.0 Å². The second kappa shape index (κ2) is 14.9. The topological polar surface area (TPSA) is 119 Å². The van der Waals surface area contributed by atoms with Crippen LogP contribution in [0.5, 0.6) is 11.5 Å². The molecule has 0 amide bonds. The number of hydrogen-bond acceptors (Lipinski definition) is 6. The Morgan fingerprint density at radius 2 is 1.02 bits per heavy atom. The molecule has 0 aliphatic rings. The van der Waals surface area contributed by atoms with Crippen molar-refractivity contribution in [2.24, 2.45) is 0 Å². The molecule has 2 N–H and O–H groups in total. The van der Waals surface area contributed by atoms with Crippen LogP contribution in [0.1, 0.15) is 61.6 Å². The van der Waals surface area contributed by atoms with Crippen molar-refractivity contribution in [1.82, 2.24) is 0 Å². The number of benzene rings is 6. The third-order valence-corrected chi connectivity index (χ3v) is 8.75. The zero-order valence-corrected chi connectivity index (χ0v) is 27.9. The third kappa shape index (κ3) is 7.88. The summed E-state index contributed by atoms with van der Waals surface area (Å²) in [6, 6.07) is 43.2. The van der Waals surface area contributed by atoms with Gasteiger partial charge in [-0.3, -0.25) is 0 Å². The maximum atomic E-state index is 13.2. The number of aromatic carboxylic acids is 2. The quantitative estimate of drug-likeness (QED) is 0.0569. The van der Waals surface area contributed by atoms with E-state index < -0.39 is 23.3 Å². The minimum Gasteiger partial charge on any atom is -0.478 e. The van der Waals surface area contributed by atoms with Crippen molar-refractivity contribution in [3.8, 4) is 33.8 Å². The second-order valence-electron chi connectivity index (χ2n) is 12.4. The number of hydrogen-bond donors (Lipinski definition) is 2. The molecular weight excluding hydrogens is 644 g/mol. The van der Waals surface area contributed by atoms with Crippen molar-refractivity contribution >= 4 is 17.9 Å². The molecule has 0 radical (unpaired) electrons. The zero-order chi connectivity index (χ0) is 36.0. The Morgan fingerprint density at radius 1 is 0.529 bits per heavy atom. The molecule has 8 nitrogen and oxygen atoms in total. The number of carbonyl (C=O) groups is 3. The van der Waals surface area contributed by atoms with E-state index in [0.717, 1.165) is 27.8 Å². The van der Waals surface area contributed by atoms with Gasteiger partial charge < -0.3 is 19.8 Å². The van der Waals surface area contributed by atoms with Crippen LogP contribution >= 0.6 is 0 Å². The molecule has 254 valence electrons. The van der Waals surface area contributed by atoms with Gasteiger partial charge in [-0.1, -0.05) is 111 Å². The Bertz CT molecular complexity index is 2170. The van der Waals surface area contributed by atoms with Gasteiger partial charge in [-0.25, -0.2) is 14.4 Å². The maximum absolute atomic E-state index is 13.2. The Labute approximate surface area is 295 Å². The first-order chi connectivity index (χ1) is 24.6. The second-order valence-corrected chi connectivity index (χ2v) is 12.4. The smallest absolute Gasteiger partial charge is 0.344 e. The largest absolute Gasteiger partial charge is 0.478 e. The summed E-state index contributed by atoms with van der Waals surface area (Å²) in [5.74, 6) is -2.31. The number of carboxylic acids is 2. The SMILES string of the molecule is CC(C)(c1ccc(OOCc2cc(-c3ccccc3)ccc2C(=O)O)cc1)c1ccc(OC(=O)c2cc(-c3ccccc3)ccc2C(=O)O)cc1. The summed E-state index contributed by atoms with van der Waals surface area (Å²) in [4.78, 5) is 47.9. The van der Waals surface area contributed by atoms with E-state index in [2.05, 4.69) is 13.8 Å². The van der Waals surface area contributed by atoms with Crippen LogP contribution in [-0.4, -0.2) is 28.1 Å². The van der Waals surface area contributed by atoms with Gasteiger partial charge >= 0.3 is 17.9 Å². The minimum atomic E-state index is -1.22. The lowest BCUT2D eigenvalue weighted by Crippen LogP contribution is -2.19. The summed E-state index contributed by atoms with van der Waals surface area (Å²) in [6.45, 7) is 4.05. The first kappa shape index (κ1) is 34.4. The zero-order valence-electron chi connectivity index (χ0n) is 27.9. The molecule has 6 rings (SSSR count). The Morgan fingerprint density at radius 3 is 1.55 bits per heavy atom. The Hall–Kier alpha value is -6.51. The number of esters is 1. The Kier molecular flexibility index (Phi) is 10.1. The summed E-state index contributed by atoms with van der Waals surface area (Å²) in [5, 5.41) is 19.4. The molecule has 0 aliphatic heterocycles. The average molecular weight is 679 g/mol. The minimum absolute atomic E-state index is 0.0393. The average Bonchev–Trinajstić information content (AvgIpc) is 3.15. The molecule has 0 saturated carbocycles. The first-order valence-electron chi connectivity index (χ1n) is 16.2. The highest BCUT2D eigenvalue weighted by atomic mass is 17.2. The van der Waals surface area contributed by atoms with Gasteiger partial charge in [0.25, 0.3) is 0 Å². The number of ether oxygens (including phenoxy) is 1. The molecule has 0 aliphatic carbocycles. The fraction of sp³-hybridized carbons (Fsp3) is 0.0930. The number of carbonyl (C=O) groups excluding carboxylic acids is 1. The molecule has 0 unspecified atom stereocenters. The van der Waals surface area contributed by atoms with Gasteiger partial charge in [-0.15, -0.1) is 0 Å². The number of carboxylic acid groups (broad SMARTS) is 2. The van der Waals surface area contributed by atoms with Gasteiger partial charge in [0.2, 0.25) is 0 Å². The van der Waals surface area contributed by atoms with Crippen LogP contribution in [0.3, 0.4) is 0 Å². The van der Waals surface area contributed by atoms with Crippen molar-refractivity contribution in [2.45, 2.75) is 25.9 Å². The van der Waals surface area contributed by atoms with Gasteiger partial charge in [0.05, 0.1) is 16.7 Å². The molecule has 0 spiro atoms. The van der Waals surface area contributed by atoms with Crippen LogP contribution in [0.15, 0.2) is 146 Å². The van der Waals surface area contributed by atoms with Crippen molar-refractivity contribution in [1.29, 1.82) is 0 Å². The molecule has 51 heavy (non-hydrogen) atoms. The standard InChI is InChI=1S/C43H34O8/c1-43(2,33-15-19-35(20-16-33)50-42(48)39-26-31(14-24-38(39)41(46)47)29-11-7-4-8-12-29)34-17-21-36(22-18-34)51-49-27-32-25-30(13-23-37(32)40(44)45)28-9-5-3-6-10-28/h3-26H,27H2,1-2H3,(H,44,45)(H,46,47). The van der Waals surface area contributed by atoms with E-state index in [1.807, 2.05) is 84.9 Å². The summed E-state index contributed by atoms with van der Waals surface area (Å²) in [7, 11) is 0. The summed E-state index contributed by atoms with van der Waals surface area (Å²) >= 11 is 0. The van der Waals surface area contributed by atoms with E-state index in [1.165, 1.54) is 12.1 Å². The first-order valence-corrected chi connectivity index (χ1v) is 16.2. The van der Waals surface area contributed by atoms with Crippen LogP contribution < -0.4 is 9.62 Å². The molecule has 0 atom stereocenters. The molecule has 6 aromatic carbocycles. The van der Waals surface area contributed by atoms with Crippen molar-refractivity contribution < 1.29 is 39.1 Å². The van der Waals surface area contributed by atoms with Crippen LogP contribution in [0.4, 0.5) is 0 Å². The summed E-state index contributed by atoms with van der Waals surface area (Å²) in [5.41, 5.74) is 5.31. The molecule has 8 heteroatoms. The summed E-state index contributed by atoms with van der Waals surface area (Å²) < 4.78 is 5.62. The highest BCUT2D eigenvalue weighted by Crippen LogP contribution is 2.34. The van der Waals surface area contributed by atoms with Crippen LogP contribution in [-0.2, 0) is 16.9 Å². The fourth-order valence-electron chi connectivity index (χ4n) is 5.80. The van der Waals surface area contributed by atoms with Gasteiger partial charge in [0.1, 0.15) is 12.4 Å². The number of rotatable bonds is 12. The molecular formula is C43H34O8. The highest BCUT2D eigenvalue weighted by molar-refractivity contribution is 6.04. The predicted octanol–water partition coefficient (Wildman–Crippen LogP) is 9.47. The van der Waals surface area contributed by atoms with Gasteiger partial charge in [0.15, 0.2) is 5.75 Å². The lowest BCUT2D eigenvalue weighted by molar-refractivity contribution is -0.217. The van der Waals surface area contributed by atoms with Gasteiger partial charge in [0, 0.05) is 5.41 Å². The lowest BCUT2D eigenvalue weighted by atomic mass is 9.78. The van der Waals surface area contributed by atoms with E-state index in [4.69, 9.17) is 14.5 Å². The van der Waals surface area contributed by atoms with Crippen LogP contribution in [0.25, 0.3) is 22.3 Å². The van der Waals surface area contributed by atoms with E-state index in [1.54, 1.807) is 48.5 Å². The van der Waals surface area contributed by atoms with Crippen LogP contribution in [0, 0.1) is 0 Å². The molecule has 0 saturated heterocycles. The molecule has 0 heterocycles. The van der Waals surface area contributed by atoms with Crippen molar-refractivity contribution in [3.05, 3.63) is 179 Å². The Balaban J connectivity index is 1.11. The summed E-state index contributed by atoms with van der Waals surface area (Å²) in [6.07, 6.45) is 0. The third-order valence-electron chi connectivity index (χ3n) is 8.75. The van der Waals surface area contributed by atoms with Crippen LogP contribution in [0.2, 0.25) is 0 Å². The van der Waals surface area contributed by atoms with E-state index >= 15 is 0 Å². The predicted molar refractivity (Wildman–Crippen MR) is 193 cm³/mol. The molecule has 6 aromatic rings. The van der Waals surface area contributed by atoms with Crippen molar-refractivity contribution in [3.63, 3.8) is 0 Å². The fourth-order valence-corrected chi connectivity index (χ4v) is 5.80.